The highest BCUT2D eigenvalue weighted by molar-refractivity contribution is 5.59. The van der Waals surface area contributed by atoms with Crippen molar-refractivity contribution in [2.24, 2.45) is 56.7 Å². The number of carbonyl (C=O) groups is 1. The predicted octanol–water partition coefficient (Wildman–Crippen LogP) is 7.82. The van der Waals surface area contributed by atoms with Crippen LogP contribution in [-0.2, 0) is 18.9 Å². The zero-order valence-corrected chi connectivity index (χ0v) is 27.8. The summed E-state index contributed by atoms with van der Waals surface area (Å²) < 4.78 is 22.6. The summed E-state index contributed by atoms with van der Waals surface area (Å²) in [5, 5.41) is 9.02. The van der Waals surface area contributed by atoms with Crippen molar-refractivity contribution in [3.63, 3.8) is 0 Å². The van der Waals surface area contributed by atoms with Crippen molar-refractivity contribution in [2.75, 3.05) is 40.1 Å². The second-order valence-electron chi connectivity index (χ2n) is 16.3. The van der Waals surface area contributed by atoms with Gasteiger partial charge in [0.15, 0.2) is 0 Å². The Morgan fingerprint density at radius 1 is 0.857 bits per heavy atom. The molecule has 0 aliphatic heterocycles. The lowest BCUT2D eigenvalue weighted by molar-refractivity contribution is -0.253. The topological polar surface area (TPSA) is 74.2 Å². The van der Waals surface area contributed by atoms with Crippen LogP contribution in [0.4, 0.5) is 4.79 Å². The van der Waals surface area contributed by atoms with Gasteiger partial charge >= 0.3 is 6.16 Å². The zero-order valence-electron chi connectivity index (χ0n) is 27.8. The van der Waals surface area contributed by atoms with Crippen LogP contribution in [0.25, 0.3) is 0 Å². The summed E-state index contributed by atoms with van der Waals surface area (Å²) in [5.74, 6) is 3.02. The van der Waals surface area contributed by atoms with E-state index in [2.05, 4.69) is 48.1 Å². The third kappa shape index (κ3) is 4.89. The number of methoxy groups -OCH3 is 1. The molecule has 10 atom stereocenters. The molecule has 0 saturated heterocycles. The first-order valence-corrected chi connectivity index (χ1v) is 17.0. The highest BCUT2D eigenvalue weighted by atomic mass is 16.7. The minimum absolute atomic E-state index is 0.0462. The fraction of sp³-hybridized carbons (Fsp3) is 0.917. The highest BCUT2D eigenvalue weighted by Crippen LogP contribution is 2.77. The molecule has 1 N–H and O–H groups in total. The molecule has 0 radical (unpaired) electrons. The zero-order chi connectivity index (χ0) is 30.6. The van der Waals surface area contributed by atoms with Gasteiger partial charge in [-0.05, 0) is 122 Å². The molecule has 42 heavy (non-hydrogen) atoms. The fourth-order valence-electron chi connectivity index (χ4n) is 12.5. The van der Waals surface area contributed by atoms with Crippen molar-refractivity contribution in [1.82, 2.24) is 0 Å². The van der Waals surface area contributed by atoms with Gasteiger partial charge in [0.1, 0.15) is 6.61 Å². The molecule has 5 saturated carbocycles. The molecule has 0 bridgehead atoms. The number of aliphatic hydroxyl groups excluding tert-OH is 1. The van der Waals surface area contributed by atoms with Gasteiger partial charge in [-0.1, -0.05) is 46.8 Å². The number of aliphatic hydroxyl groups is 1. The van der Waals surface area contributed by atoms with Gasteiger partial charge in [0.25, 0.3) is 0 Å². The van der Waals surface area contributed by atoms with E-state index >= 15 is 0 Å². The van der Waals surface area contributed by atoms with Crippen molar-refractivity contribution < 1.29 is 28.8 Å². The fourth-order valence-corrected chi connectivity index (χ4v) is 12.5. The van der Waals surface area contributed by atoms with Crippen LogP contribution in [0.2, 0.25) is 0 Å². The molecule has 240 valence electrons. The molecule has 0 aromatic heterocycles. The molecular weight excluding hydrogens is 528 g/mol. The Kier molecular flexibility index (Phi) is 8.97. The molecule has 5 fully saturated rings. The molecule has 0 heterocycles. The Bertz CT molecular complexity index is 1010. The van der Waals surface area contributed by atoms with E-state index in [0.717, 1.165) is 25.7 Å². The Labute approximate surface area is 255 Å². The van der Waals surface area contributed by atoms with Gasteiger partial charge in [0.2, 0.25) is 0 Å². The van der Waals surface area contributed by atoms with E-state index in [1.165, 1.54) is 51.2 Å². The lowest BCUT2D eigenvalue weighted by Crippen LogP contribution is -2.67. The van der Waals surface area contributed by atoms with Crippen molar-refractivity contribution in [1.29, 1.82) is 0 Å². The van der Waals surface area contributed by atoms with Gasteiger partial charge in [-0.15, -0.1) is 0 Å². The largest absolute Gasteiger partial charge is 0.507 e. The summed E-state index contributed by atoms with van der Waals surface area (Å²) in [7, 11) is 1.41. The minimum atomic E-state index is -0.544. The maximum Gasteiger partial charge on any atom is 0.507 e. The molecule has 0 aromatic rings. The minimum Gasteiger partial charge on any atom is -0.438 e. The number of carbonyl (C=O) groups excluding carboxylic acids is 1. The summed E-state index contributed by atoms with van der Waals surface area (Å²) in [6.45, 7) is 21.7. The average molecular weight is 589 g/mol. The summed E-state index contributed by atoms with van der Waals surface area (Å²) in [5.41, 5.74) is 2.35. The van der Waals surface area contributed by atoms with Crippen LogP contribution in [-0.4, -0.2) is 57.5 Å². The molecule has 5 aliphatic rings. The third-order valence-corrected chi connectivity index (χ3v) is 14.6. The number of hydrogen-bond donors (Lipinski definition) is 1. The summed E-state index contributed by atoms with van der Waals surface area (Å²) in [6, 6.07) is 0. The average Bonchev–Trinajstić information content (AvgIpc) is 3.33. The van der Waals surface area contributed by atoms with Crippen LogP contribution in [0.3, 0.4) is 0 Å². The first-order valence-electron chi connectivity index (χ1n) is 17.0. The number of rotatable bonds is 9. The highest BCUT2D eigenvalue weighted by Gasteiger charge is 2.71. The Hall–Kier alpha value is -1.11. The first kappa shape index (κ1) is 32.3. The monoisotopic (exact) mass is 588 g/mol. The van der Waals surface area contributed by atoms with E-state index < -0.39 is 6.16 Å². The number of fused-ring (bicyclic) bond motifs is 7. The number of hydrogen-bond acceptors (Lipinski definition) is 6. The molecule has 4 unspecified atom stereocenters. The van der Waals surface area contributed by atoms with Crippen LogP contribution in [0.1, 0.15) is 106 Å². The van der Waals surface area contributed by atoms with Crippen molar-refractivity contribution in [3.05, 3.63) is 12.2 Å². The van der Waals surface area contributed by atoms with Gasteiger partial charge < -0.3 is 24.1 Å². The van der Waals surface area contributed by atoms with Gasteiger partial charge in [-0.3, -0.25) is 0 Å². The van der Waals surface area contributed by atoms with E-state index in [0.29, 0.717) is 66.8 Å². The Morgan fingerprint density at radius 2 is 1.62 bits per heavy atom. The number of ether oxygens (including phenoxy) is 4. The van der Waals surface area contributed by atoms with Crippen molar-refractivity contribution in [2.45, 2.75) is 112 Å². The van der Waals surface area contributed by atoms with Gasteiger partial charge in [-0.2, -0.15) is 0 Å². The first-order chi connectivity index (χ1) is 19.8. The summed E-state index contributed by atoms with van der Waals surface area (Å²) in [6.07, 6.45) is 11.8. The van der Waals surface area contributed by atoms with Crippen LogP contribution >= 0.6 is 0 Å². The van der Waals surface area contributed by atoms with Crippen molar-refractivity contribution in [3.8, 4) is 0 Å². The van der Waals surface area contributed by atoms with Gasteiger partial charge in [0, 0.05) is 5.41 Å². The molecule has 0 amide bonds. The number of allylic oxidation sites excluding steroid dienone is 1. The quantitative estimate of drug-likeness (QED) is 0.168. The van der Waals surface area contributed by atoms with E-state index in [9.17, 15) is 4.79 Å². The van der Waals surface area contributed by atoms with Gasteiger partial charge in [0.05, 0.1) is 39.6 Å². The van der Waals surface area contributed by atoms with Crippen LogP contribution in [0, 0.1) is 56.7 Å². The van der Waals surface area contributed by atoms with Crippen LogP contribution < -0.4 is 0 Å². The van der Waals surface area contributed by atoms with E-state index in [1.54, 1.807) is 0 Å². The normalized spacial score (nSPS) is 45.6. The van der Waals surface area contributed by atoms with Gasteiger partial charge in [-0.25, -0.2) is 4.79 Å². The van der Waals surface area contributed by atoms with E-state index in [4.69, 9.17) is 24.1 Å². The van der Waals surface area contributed by atoms with E-state index in [-0.39, 0.29) is 29.0 Å². The third-order valence-electron chi connectivity index (χ3n) is 14.6. The molecule has 0 aromatic carbocycles. The lowest BCUT2D eigenvalue weighted by atomic mass is 9.32. The second kappa shape index (κ2) is 11.7. The lowest BCUT2D eigenvalue weighted by Gasteiger charge is -2.73. The maximum atomic E-state index is 12.1. The molecule has 5 rings (SSSR count). The molecule has 5 aliphatic carbocycles. The van der Waals surface area contributed by atoms with Crippen LogP contribution in [0.15, 0.2) is 12.2 Å². The Morgan fingerprint density at radius 3 is 2.31 bits per heavy atom. The maximum absolute atomic E-state index is 12.1. The summed E-state index contributed by atoms with van der Waals surface area (Å²) >= 11 is 0. The molecular formula is C36H60O6. The molecule has 6 nitrogen and oxygen atoms in total. The summed E-state index contributed by atoms with van der Waals surface area (Å²) in [4.78, 5) is 12.1. The molecule has 0 spiro atoms. The molecule has 6 heteroatoms. The Balaban J connectivity index is 1.39. The van der Waals surface area contributed by atoms with Crippen LogP contribution in [0.5, 0.6) is 0 Å². The van der Waals surface area contributed by atoms with Crippen molar-refractivity contribution >= 4 is 6.16 Å². The smallest absolute Gasteiger partial charge is 0.438 e. The SMILES string of the molecule is C=C(C)[C@@H]1CC[C@]2(COC(=O)OC)CC[C@]3(C)C(CCC4[C@@]5(C)CC[C@H](OCCOCCO)C(C)(C)C5CC[C@]43C)C12. The second-order valence-corrected chi connectivity index (χ2v) is 16.3. The predicted molar refractivity (Wildman–Crippen MR) is 165 cm³/mol. The van der Waals surface area contributed by atoms with E-state index in [1.807, 2.05) is 0 Å². The standard InChI is InChI=1S/C36H60O6/c1-24(2)25-11-16-36(23-42-31(38)39-8)18-17-34(6)26(30(25)36)9-10-28-33(5)14-13-29(41-22-21-40-20-19-37)32(3,4)27(33)12-15-35(28,34)7/h25-30,37H,1,9-23H2,2-8H3/t25-,26?,27?,28?,29-,30?,33-,34+,35+,36+/m0/s1.